The molecular formula is C27H36N6O4S. The van der Waals surface area contributed by atoms with E-state index in [0.717, 1.165) is 35.4 Å². The highest BCUT2D eigenvalue weighted by Crippen LogP contribution is 2.80. The van der Waals surface area contributed by atoms with Crippen molar-refractivity contribution in [3.8, 4) is 0 Å². The van der Waals surface area contributed by atoms with Gasteiger partial charge in [0, 0.05) is 62.3 Å². The van der Waals surface area contributed by atoms with Gasteiger partial charge >= 0.3 is 6.03 Å². The number of anilines is 2. The SMILES string of the molecule is Cc1cc(NC2OC2C23CC2C3)nc2cc(S(=O)(=O)NC3(C)CC3)cc(N3CCN(C(=O)N(C)C)CC3)c12. The van der Waals surface area contributed by atoms with Crippen molar-refractivity contribution in [2.24, 2.45) is 11.3 Å². The summed E-state index contributed by atoms with van der Waals surface area (Å²) < 4.78 is 35.7. The maximum absolute atomic E-state index is 13.5. The third kappa shape index (κ3) is 4.10. The number of epoxide rings is 1. The van der Waals surface area contributed by atoms with Gasteiger partial charge in [-0.15, -0.1) is 0 Å². The third-order valence-corrected chi connectivity index (χ3v) is 10.7. The normalized spacial score (nSPS) is 30.6. The average Bonchev–Trinajstić information content (AvgIpc) is 3.66. The van der Waals surface area contributed by atoms with Crippen LogP contribution < -0.4 is 14.9 Å². The molecular weight excluding hydrogens is 504 g/mol. The molecule has 5 aliphatic rings. The second-order valence-electron chi connectivity index (χ2n) is 12.4. The lowest BCUT2D eigenvalue weighted by Crippen LogP contribution is -2.51. The number of sulfonamides is 1. The highest BCUT2D eigenvalue weighted by molar-refractivity contribution is 7.89. The van der Waals surface area contributed by atoms with E-state index >= 15 is 0 Å². The first kappa shape index (κ1) is 24.4. The number of hydrogen-bond acceptors (Lipinski definition) is 7. The van der Waals surface area contributed by atoms with E-state index in [1.54, 1.807) is 31.1 Å². The quantitative estimate of drug-likeness (QED) is 0.520. The standard InChI is InChI=1S/C27H36N6O4S/c1-16-11-21(29-24-23(37-24)27-14-17(27)15-27)28-19-12-18(38(35,36)30-26(2)5-6-26)13-20(22(16)19)32-7-9-33(10-8-32)25(34)31(3)4/h11-13,17,23-24,30H,5-10,14-15H2,1-4H3,(H,28,29). The van der Waals surface area contributed by atoms with Crippen molar-refractivity contribution in [2.75, 3.05) is 50.5 Å². The Bertz CT molecular complexity index is 1440. The second-order valence-corrected chi connectivity index (χ2v) is 14.1. The number of nitrogens with zero attached hydrogens (tertiary/aromatic N) is 4. The van der Waals surface area contributed by atoms with E-state index in [4.69, 9.17) is 9.72 Å². The molecule has 2 aliphatic heterocycles. The highest BCUT2D eigenvalue weighted by atomic mass is 32.2. The summed E-state index contributed by atoms with van der Waals surface area (Å²) in [5.74, 6) is 1.57. The number of aromatic nitrogens is 1. The predicted molar refractivity (Wildman–Crippen MR) is 145 cm³/mol. The Morgan fingerprint density at radius 3 is 2.42 bits per heavy atom. The number of carbonyl (C=O) groups is 1. The van der Waals surface area contributed by atoms with Crippen LogP contribution in [-0.2, 0) is 14.8 Å². The topological polar surface area (TPSA) is 110 Å². The number of urea groups is 1. The van der Waals surface area contributed by atoms with Crippen molar-refractivity contribution in [3.05, 3.63) is 23.8 Å². The maximum atomic E-state index is 13.5. The fourth-order valence-corrected chi connectivity index (χ4v) is 7.60. The molecule has 3 aliphatic carbocycles. The average molecular weight is 541 g/mol. The van der Waals surface area contributed by atoms with Gasteiger partial charge in [-0.3, -0.25) is 0 Å². The molecule has 2 aromatic rings. The van der Waals surface area contributed by atoms with Crippen LogP contribution in [0.1, 0.15) is 38.2 Å². The number of carbonyl (C=O) groups excluding carboxylic acids is 1. The van der Waals surface area contributed by atoms with Crippen LogP contribution in [0.25, 0.3) is 10.9 Å². The summed E-state index contributed by atoms with van der Waals surface area (Å²) in [6.45, 7) is 6.35. The van der Waals surface area contributed by atoms with Gasteiger partial charge in [-0.25, -0.2) is 22.9 Å². The molecule has 11 heteroatoms. The van der Waals surface area contributed by atoms with Crippen molar-refractivity contribution in [3.63, 3.8) is 0 Å². The number of amides is 2. The minimum Gasteiger partial charge on any atom is -0.367 e. The summed E-state index contributed by atoms with van der Waals surface area (Å²) in [5.41, 5.74) is 2.56. The van der Waals surface area contributed by atoms with Crippen molar-refractivity contribution in [1.29, 1.82) is 0 Å². The molecule has 2 saturated heterocycles. The molecule has 2 amide bonds. The Morgan fingerprint density at radius 1 is 1.13 bits per heavy atom. The van der Waals surface area contributed by atoms with Gasteiger partial charge in [0.2, 0.25) is 10.0 Å². The van der Waals surface area contributed by atoms with E-state index in [0.29, 0.717) is 42.9 Å². The zero-order chi connectivity index (χ0) is 26.6. The summed E-state index contributed by atoms with van der Waals surface area (Å²) >= 11 is 0. The summed E-state index contributed by atoms with van der Waals surface area (Å²) in [4.78, 5) is 23.2. The molecule has 38 heavy (non-hydrogen) atoms. The van der Waals surface area contributed by atoms with Gasteiger partial charge in [-0.05, 0) is 69.2 Å². The van der Waals surface area contributed by atoms with E-state index in [1.807, 2.05) is 24.8 Å². The molecule has 2 unspecified atom stereocenters. The predicted octanol–water partition coefficient (Wildman–Crippen LogP) is 2.72. The first-order valence-corrected chi connectivity index (χ1v) is 15.1. The Labute approximate surface area is 223 Å². The largest absolute Gasteiger partial charge is 0.367 e. The van der Waals surface area contributed by atoms with Crippen LogP contribution >= 0.6 is 0 Å². The Morgan fingerprint density at radius 2 is 1.82 bits per heavy atom. The number of nitrogens with one attached hydrogen (secondary N) is 2. The molecule has 0 radical (unpaired) electrons. The second kappa shape index (κ2) is 7.95. The van der Waals surface area contributed by atoms with Crippen LogP contribution in [0.4, 0.5) is 16.3 Å². The molecule has 0 bridgehead atoms. The molecule has 1 aromatic heterocycles. The number of fused-ring (bicyclic) bond motifs is 2. The Kier molecular flexibility index (Phi) is 5.11. The zero-order valence-electron chi connectivity index (χ0n) is 22.5. The summed E-state index contributed by atoms with van der Waals surface area (Å²) in [5, 5.41) is 4.39. The van der Waals surface area contributed by atoms with Gasteiger partial charge in [-0.2, -0.15) is 0 Å². The smallest absolute Gasteiger partial charge is 0.319 e. The van der Waals surface area contributed by atoms with Crippen LogP contribution in [0.15, 0.2) is 23.1 Å². The van der Waals surface area contributed by atoms with Crippen LogP contribution in [0.2, 0.25) is 0 Å². The lowest BCUT2D eigenvalue weighted by Gasteiger charge is -2.38. The minimum absolute atomic E-state index is 0.00914. The molecule has 7 rings (SSSR count). The third-order valence-electron chi connectivity index (χ3n) is 9.12. The number of rotatable bonds is 7. The molecule has 10 nitrogen and oxygen atoms in total. The summed E-state index contributed by atoms with van der Waals surface area (Å²) in [6, 6.07) is 5.49. The number of pyridine rings is 1. The number of aryl methyl sites for hydroxylation is 1. The first-order chi connectivity index (χ1) is 18.0. The lowest BCUT2D eigenvalue weighted by molar-refractivity contribution is 0.168. The van der Waals surface area contributed by atoms with Gasteiger partial charge < -0.3 is 24.8 Å². The van der Waals surface area contributed by atoms with E-state index in [9.17, 15) is 13.2 Å². The van der Waals surface area contributed by atoms with E-state index in [1.165, 1.54) is 12.8 Å². The molecule has 2 atom stereocenters. The van der Waals surface area contributed by atoms with Crippen LogP contribution in [0, 0.1) is 18.3 Å². The number of hydrogen-bond donors (Lipinski definition) is 2. The number of benzene rings is 1. The fourth-order valence-electron chi connectivity index (χ4n) is 6.10. The zero-order valence-corrected chi connectivity index (χ0v) is 23.3. The van der Waals surface area contributed by atoms with Gasteiger partial charge in [0.25, 0.3) is 0 Å². The van der Waals surface area contributed by atoms with E-state index in [-0.39, 0.29) is 28.8 Å². The lowest BCUT2D eigenvalue weighted by atomic mass is 10.1. The van der Waals surface area contributed by atoms with Crippen molar-refractivity contribution < 1.29 is 17.9 Å². The van der Waals surface area contributed by atoms with E-state index < -0.39 is 10.0 Å². The first-order valence-electron chi connectivity index (χ1n) is 13.6. The number of ether oxygens (including phenoxy) is 1. The van der Waals surface area contributed by atoms with Gasteiger partial charge in [0.1, 0.15) is 11.9 Å². The Balaban J connectivity index is 1.22. The molecule has 2 N–H and O–H groups in total. The van der Waals surface area contributed by atoms with Crippen LogP contribution in [0.3, 0.4) is 0 Å². The fraction of sp³-hybridized carbons (Fsp3) is 0.630. The van der Waals surface area contributed by atoms with Gasteiger partial charge in [0.15, 0.2) is 6.23 Å². The summed E-state index contributed by atoms with van der Waals surface area (Å²) in [7, 11) is -0.214. The van der Waals surface area contributed by atoms with Crippen molar-refractivity contribution in [1.82, 2.24) is 19.5 Å². The molecule has 3 heterocycles. The maximum Gasteiger partial charge on any atom is 0.319 e. The molecule has 0 spiro atoms. The molecule has 5 fully saturated rings. The van der Waals surface area contributed by atoms with Crippen LogP contribution in [0.5, 0.6) is 0 Å². The van der Waals surface area contributed by atoms with Gasteiger partial charge in [-0.1, -0.05) is 0 Å². The Hall–Kier alpha value is -2.63. The molecule has 1 aromatic carbocycles. The summed E-state index contributed by atoms with van der Waals surface area (Å²) in [6.07, 6.45) is 4.50. The molecule has 204 valence electrons. The van der Waals surface area contributed by atoms with E-state index in [2.05, 4.69) is 14.9 Å². The highest BCUT2D eigenvalue weighted by Gasteiger charge is 2.79. The number of piperazine rings is 1. The van der Waals surface area contributed by atoms with Crippen molar-refractivity contribution >= 4 is 38.5 Å². The van der Waals surface area contributed by atoms with Crippen LogP contribution in [-0.4, -0.2) is 87.4 Å². The van der Waals surface area contributed by atoms with Gasteiger partial charge in [0.05, 0.1) is 10.4 Å². The van der Waals surface area contributed by atoms with Crippen molar-refractivity contribution in [2.45, 2.75) is 62.3 Å². The minimum atomic E-state index is -3.73. The molecule has 3 saturated carbocycles. The monoisotopic (exact) mass is 540 g/mol.